The molecule has 8 nitrogen and oxygen atoms in total. The average molecular weight is 366 g/mol. The zero-order chi connectivity index (χ0) is 19.1. The summed E-state index contributed by atoms with van der Waals surface area (Å²) in [6.07, 6.45) is -3.89. The fraction of sp³-hybridized carbons (Fsp3) is 0.500. The molecule has 0 aromatic heterocycles. The molecule has 0 amide bonds. The molecule has 8 heteroatoms. The minimum absolute atomic E-state index is 0.0608. The monoisotopic (exact) mass is 366 g/mol. The van der Waals surface area contributed by atoms with Crippen molar-refractivity contribution in [3.63, 3.8) is 0 Å². The topological polar surface area (TPSA) is 97.4 Å². The molecular weight excluding hydrogens is 344 g/mol. The van der Waals surface area contributed by atoms with Gasteiger partial charge < -0.3 is 23.7 Å². The number of carbonyl (C=O) groups excluding carboxylic acids is 3. The molecule has 2 rings (SSSR count). The Morgan fingerprint density at radius 1 is 0.923 bits per heavy atom. The van der Waals surface area contributed by atoms with Crippen LogP contribution in [0.25, 0.3) is 0 Å². The van der Waals surface area contributed by atoms with Crippen LogP contribution >= 0.6 is 0 Å². The van der Waals surface area contributed by atoms with Gasteiger partial charge in [0.05, 0.1) is 13.2 Å². The van der Waals surface area contributed by atoms with Gasteiger partial charge in [0.15, 0.2) is 12.2 Å². The SMILES string of the molecule is CC(=O)OC1OC[C@@H](OC(C)=O)[C@H](OCc2ccccc2)[C@H]1OC(C)=O. The van der Waals surface area contributed by atoms with Crippen molar-refractivity contribution in [1.29, 1.82) is 0 Å². The van der Waals surface area contributed by atoms with E-state index in [4.69, 9.17) is 23.7 Å². The van der Waals surface area contributed by atoms with Crippen LogP contribution < -0.4 is 0 Å². The highest BCUT2D eigenvalue weighted by atomic mass is 16.7. The lowest BCUT2D eigenvalue weighted by Crippen LogP contribution is -2.57. The normalized spacial score (nSPS) is 25.2. The van der Waals surface area contributed by atoms with Gasteiger partial charge in [-0.15, -0.1) is 0 Å². The van der Waals surface area contributed by atoms with Crippen LogP contribution in [0.3, 0.4) is 0 Å². The molecule has 0 bridgehead atoms. The molecule has 142 valence electrons. The van der Waals surface area contributed by atoms with E-state index in [1.54, 1.807) is 0 Å². The summed E-state index contributed by atoms with van der Waals surface area (Å²) in [6, 6.07) is 9.32. The zero-order valence-electron chi connectivity index (χ0n) is 14.9. The fourth-order valence-corrected chi connectivity index (χ4v) is 2.61. The maximum Gasteiger partial charge on any atom is 0.305 e. The van der Waals surface area contributed by atoms with Crippen LogP contribution in [0, 0.1) is 0 Å². The van der Waals surface area contributed by atoms with Crippen molar-refractivity contribution < 1.29 is 38.1 Å². The minimum atomic E-state index is -1.15. The molecule has 1 aromatic rings. The molecule has 0 saturated carbocycles. The van der Waals surface area contributed by atoms with Gasteiger partial charge >= 0.3 is 17.9 Å². The zero-order valence-corrected chi connectivity index (χ0v) is 14.9. The Kier molecular flexibility index (Phi) is 7.11. The van der Waals surface area contributed by atoms with E-state index in [-0.39, 0.29) is 13.2 Å². The number of benzene rings is 1. The molecule has 1 heterocycles. The van der Waals surface area contributed by atoms with Crippen LogP contribution in [-0.4, -0.2) is 49.1 Å². The van der Waals surface area contributed by atoms with Crippen LogP contribution in [0.1, 0.15) is 26.3 Å². The smallest absolute Gasteiger partial charge is 0.305 e. The summed E-state index contributed by atoms with van der Waals surface area (Å²) in [4.78, 5) is 34.2. The van der Waals surface area contributed by atoms with Gasteiger partial charge in [-0.05, 0) is 5.56 Å². The summed E-state index contributed by atoms with van der Waals surface area (Å²) in [5.74, 6) is -1.73. The van der Waals surface area contributed by atoms with Crippen molar-refractivity contribution in [3.8, 4) is 0 Å². The molecule has 1 aliphatic rings. The van der Waals surface area contributed by atoms with Crippen LogP contribution in [0.2, 0.25) is 0 Å². The molecule has 0 spiro atoms. The van der Waals surface area contributed by atoms with Gasteiger partial charge in [-0.25, -0.2) is 0 Å². The first kappa shape index (κ1) is 19.9. The van der Waals surface area contributed by atoms with Crippen molar-refractivity contribution in [2.45, 2.75) is 52.0 Å². The molecule has 0 radical (unpaired) electrons. The largest absolute Gasteiger partial charge is 0.457 e. The lowest BCUT2D eigenvalue weighted by molar-refractivity contribution is -0.279. The predicted octanol–water partition coefficient (Wildman–Crippen LogP) is 1.35. The summed E-state index contributed by atoms with van der Waals surface area (Å²) < 4.78 is 26.9. The maximum absolute atomic E-state index is 11.5. The Hall–Kier alpha value is -2.45. The van der Waals surface area contributed by atoms with E-state index in [0.29, 0.717) is 0 Å². The Balaban J connectivity index is 2.21. The Bertz CT molecular complexity index is 629. The summed E-state index contributed by atoms with van der Waals surface area (Å²) in [7, 11) is 0. The van der Waals surface area contributed by atoms with Crippen molar-refractivity contribution in [3.05, 3.63) is 35.9 Å². The van der Waals surface area contributed by atoms with E-state index >= 15 is 0 Å². The van der Waals surface area contributed by atoms with Crippen LogP contribution in [0.15, 0.2) is 30.3 Å². The van der Waals surface area contributed by atoms with Gasteiger partial charge in [-0.2, -0.15) is 0 Å². The van der Waals surface area contributed by atoms with E-state index in [9.17, 15) is 14.4 Å². The van der Waals surface area contributed by atoms with Gasteiger partial charge in [-0.3, -0.25) is 14.4 Å². The Morgan fingerprint density at radius 2 is 1.54 bits per heavy atom. The molecule has 4 atom stereocenters. The van der Waals surface area contributed by atoms with Gasteiger partial charge in [-0.1, -0.05) is 30.3 Å². The molecule has 1 aliphatic heterocycles. The standard InChI is InChI=1S/C18H22O8/c1-11(19)24-15-10-23-18(26-13(3)21)17(25-12(2)20)16(15)22-9-14-7-5-4-6-8-14/h4-8,15-18H,9-10H2,1-3H3/t15-,16+,17-,18?/m1/s1. The average Bonchev–Trinajstić information content (AvgIpc) is 2.56. The molecule has 1 unspecified atom stereocenters. The lowest BCUT2D eigenvalue weighted by Gasteiger charge is -2.40. The van der Waals surface area contributed by atoms with E-state index in [1.807, 2.05) is 30.3 Å². The molecular formula is C18H22O8. The second kappa shape index (κ2) is 9.30. The number of esters is 3. The van der Waals surface area contributed by atoms with Crippen LogP contribution in [0.4, 0.5) is 0 Å². The van der Waals surface area contributed by atoms with Crippen LogP contribution in [0.5, 0.6) is 0 Å². The Labute approximate surface area is 151 Å². The first-order valence-corrected chi connectivity index (χ1v) is 8.15. The van der Waals surface area contributed by atoms with Crippen molar-refractivity contribution in [1.82, 2.24) is 0 Å². The molecule has 1 aromatic carbocycles. The first-order valence-electron chi connectivity index (χ1n) is 8.15. The van der Waals surface area contributed by atoms with E-state index in [0.717, 1.165) is 5.56 Å². The number of hydrogen-bond acceptors (Lipinski definition) is 8. The summed E-state index contributed by atoms with van der Waals surface area (Å²) in [6.45, 7) is 3.82. The van der Waals surface area contributed by atoms with Crippen molar-refractivity contribution in [2.24, 2.45) is 0 Å². The van der Waals surface area contributed by atoms with Gasteiger partial charge in [0, 0.05) is 20.8 Å². The summed E-state index contributed by atoms with van der Waals surface area (Å²) in [5, 5.41) is 0. The van der Waals surface area contributed by atoms with E-state index < -0.39 is 42.5 Å². The number of hydrogen-bond donors (Lipinski definition) is 0. The molecule has 1 saturated heterocycles. The molecule has 0 N–H and O–H groups in total. The highest BCUT2D eigenvalue weighted by Gasteiger charge is 2.47. The highest BCUT2D eigenvalue weighted by Crippen LogP contribution is 2.26. The third-order valence-corrected chi connectivity index (χ3v) is 3.57. The molecule has 0 aliphatic carbocycles. The van der Waals surface area contributed by atoms with E-state index in [1.165, 1.54) is 20.8 Å². The maximum atomic E-state index is 11.5. The van der Waals surface area contributed by atoms with Gasteiger partial charge in [0.25, 0.3) is 0 Å². The van der Waals surface area contributed by atoms with Crippen LogP contribution in [-0.2, 0) is 44.7 Å². The minimum Gasteiger partial charge on any atom is -0.457 e. The third kappa shape index (κ3) is 5.82. The second-order valence-electron chi connectivity index (χ2n) is 5.79. The second-order valence-corrected chi connectivity index (χ2v) is 5.79. The summed E-state index contributed by atoms with van der Waals surface area (Å²) in [5.41, 5.74) is 0.881. The first-order chi connectivity index (χ1) is 12.4. The number of ether oxygens (including phenoxy) is 5. The van der Waals surface area contributed by atoms with E-state index in [2.05, 4.69) is 0 Å². The van der Waals surface area contributed by atoms with Gasteiger partial charge in [0.2, 0.25) is 6.29 Å². The quantitative estimate of drug-likeness (QED) is 0.550. The third-order valence-electron chi connectivity index (χ3n) is 3.57. The predicted molar refractivity (Wildman–Crippen MR) is 87.6 cm³/mol. The van der Waals surface area contributed by atoms with Crippen molar-refractivity contribution in [2.75, 3.05) is 6.61 Å². The van der Waals surface area contributed by atoms with Gasteiger partial charge in [0.1, 0.15) is 6.10 Å². The number of carbonyl (C=O) groups is 3. The Morgan fingerprint density at radius 3 is 2.12 bits per heavy atom. The summed E-state index contributed by atoms with van der Waals surface area (Å²) >= 11 is 0. The number of rotatable bonds is 6. The molecule has 1 fully saturated rings. The lowest BCUT2D eigenvalue weighted by atomic mass is 10.0. The van der Waals surface area contributed by atoms with Crippen molar-refractivity contribution >= 4 is 17.9 Å². The molecule has 26 heavy (non-hydrogen) atoms. The highest BCUT2D eigenvalue weighted by molar-refractivity contribution is 5.67. The fourth-order valence-electron chi connectivity index (χ4n) is 2.61.